The molecule has 0 bridgehead atoms. The molecule has 4 nitrogen and oxygen atoms in total. The summed E-state index contributed by atoms with van der Waals surface area (Å²) in [7, 11) is 2.27. The second kappa shape index (κ2) is 8.73. The Kier molecular flexibility index (Phi) is 6.96. The van der Waals surface area contributed by atoms with Crippen molar-refractivity contribution >= 4 is 15.9 Å². The van der Waals surface area contributed by atoms with Crippen LogP contribution in [0.25, 0.3) is 0 Å². The number of piperazine rings is 1. The highest BCUT2D eigenvalue weighted by molar-refractivity contribution is 9.10. The lowest BCUT2D eigenvalue weighted by Crippen LogP contribution is -3.27. The van der Waals surface area contributed by atoms with E-state index in [-0.39, 0.29) is 0 Å². The van der Waals surface area contributed by atoms with Gasteiger partial charge in [-0.3, -0.25) is 0 Å². The summed E-state index contributed by atoms with van der Waals surface area (Å²) < 4.78 is 12.5. The van der Waals surface area contributed by atoms with E-state index in [9.17, 15) is 0 Å². The number of aryl methyl sites for hydroxylation is 1. The number of benzene rings is 1. The number of rotatable bonds is 7. The van der Waals surface area contributed by atoms with E-state index in [4.69, 9.17) is 9.47 Å². The molecule has 0 aliphatic carbocycles. The van der Waals surface area contributed by atoms with Gasteiger partial charge in [0.25, 0.3) is 0 Å². The van der Waals surface area contributed by atoms with Crippen LogP contribution in [0, 0.1) is 6.92 Å². The molecular weight excluding hydrogens is 332 g/mol. The van der Waals surface area contributed by atoms with Gasteiger partial charge in [-0.2, -0.15) is 0 Å². The molecule has 2 rings (SSSR count). The Bertz CT molecular complexity index is 434. The van der Waals surface area contributed by atoms with Crippen LogP contribution in [0.5, 0.6) is 5.75 Å². The summed E-state index contributed by atoms with van der Waals surface area (Å²) in [6, 6.07) is 6.06. The number of ether oxygens (including phenoxy) is 2. The van der Waals surface area contributed by atoms with Crippen molar-refractivity contribution in [3.05, 3.63) is 28.2 Å². The van der Waals surface area contributed by atoms with E-state index in [1.807, 2.05) is 12.1 Å². The van der Waals surface area contributed by atoms with Gasteiger partial charge in [-0.15, -0.1) is 0 Å². The van der Waals surface area contributed by atoms with Gasteiger partial charge < -0.3 is 19.3 Å². The SMILES string of the molecule is Cc1cc(Br)ccc1OCCOCC[NH+]1CC[NH+](C)CC1. The van der Waals surface area contributed by atoms with E-state index in [1.165, 1.54) is 26.2 Å². The van der Waals surface area contributed by atoms with E-state index in [1.54, 1.807) is 9.80 Å². The number of hydrogen-bond donors (Lipinski definition) is 2. The normalized spacial score (nSPS) is 22.2. The molecule has 0 saturated carbocycles. The molecule has 1 aromatic rings. The first kappa shape index (κ1) is 16.7. The molecule has 0 unspecified atom stereocenters. The maximum Gasteiger partial charge on any atom is 0.127 e. The fourth-order valence-electron chi connectivity index (χ4n) is 2.58. The molecule has 1 fully saturated rings. The number of hydrogen-bond acceptors (Lipinski definition) is 2. The lowest BCUT2D eigenvalue weighted by molar-refractivity contribution is -1.00. The highest BCUT2D eigenvalue weighted by Crippen LogP contribution is 2.21. The lowest BCUT2D eigenvalue weighted by atomic mass is 10.2. The molecule has 118 valence electrons. The fourth-order valence-corrected chi connectivity index (χ4v) is 3.06. The van der Waals surface area contributed by atoms with E-state index in [0.29, 0.717) is 13.2 Å². The van der Waals surface area contributed by atoms with Crippen molar-refractivity contribution in [3.63, 3.8) is 0 Å². The van der Waals surface area contributed by atoms with Crippen molar-refractivity contribution in [1.82, 2.24) is 0 Å². The quantitative estimate of drug-likeness (QED) is 0.647. The molecule has 0 atom stereocenters. The molecule has 1 heterocycles. The van der Waals surface area contributed by atoms with Gasteiger partial charge in [0.15, 0.2) is 0 Å². The van der Waals surface area contributed by atoms with Crippen LogP contribution in [-0.4, -0.2) is 59.6 Å². The highest BCUT2D eigenvalue weighted by Gasteiger charge is 2.18. The zero-order valence-corrected chi connectivity index (χ0v) is 14.7. The van der Waals surface area contributed by atoms with Gasteiger partial charge in [0.1, 0.15) is 45.1 Å². The van der Waals surface area contributed by atoms with Crippen LogP contribution >= 0.6 is 15.9 Å². The molecule has 2 N–H and O–H groups in total. The van der Waals surface area contributed by atoms with Crippen LogP contribution in [0.4, 0.5) is 0 Å². The van der Waals surface area contributed by atoms with E-state index < -0.39 is 0 Å². The maximum absolute atomic E-state index is 5.74. The summed E-state index contributed by atoms with van der Waals surface area (Å²) in [5.74, 6) is 0.939. The molecule has 0 spiro atoms. The van der Waals surface area contributed by atoms with Crippen molar-refractivity contribution in [2.24, 2.45) is 0 Å². The van der Waals surface area contributed by atoms with Gasteiger partial charge in [-0.25, -0.2) is 0 Å². The summed E-state index contributed by atoms with van der Waals surface area (Å²) in [5.41, 5.74) is 1.15. The molecule has 0 radical (unpaired) electrons. The molecule has 1 saturated heterocycles. The highest BCUT2D eigenvalue weighted by atomic mass is 79.9. The number of quaternary nitrogens is 2. The molecule has 1 aliphatic heterocycles. The zero-order valence-electron chi connectivity index (χ0n) is 13.1. The van der Waals surface area contributed by atoms with Crippen molar-refractivity contribution in [1.29, 1.82) is 0 Å². The summed E-state index contributed by atoms with van der Waals surface area (Å²) in [6.45, 7) is 10.4. The molecule has 5 heteroatoms. The predicted octanol–water partition coefficient (Wildman–Crippen LogP) is -0.434. The first-order valence-corrected chi connectivity index (χ1v) is 8.56. The second-order valence-corrected chi connectivity index (χ2v) is 6.74. The van der Waals surface area contributed by atoms with Gasteiger partial charge in [-0.05, 0) is 30.7 Å². The second-order valence-electron chi connectivity index (χ2n) is 5.83. The Hall–Kier alpha value is -0.620. The van der Waals surface area contributed by atoms with Gasteiger partial charge in [0.05, 0.1) is 20.3 Å². The number of nitrogens with one attached hydrogen (secondary N) is 2. The summed E-state index contributed by atoms with van der Waals surface area (Å²) >= 11 is 3.46. The number of halogens is 1. The minimum Gasteiger partial charge on any atom is -0.491 e. The van der Waals surface area contributed by atoms with Crippen molar-refractivity contribution in [3.8, 4) is 5.75 Å². The Morgan fingerprint density at radius 2 is 1.86 bits per heavy atom. The molecule has 21 heavy (non-hydrogen) atoms. The van der Waals surface area contributed by atoms with Gasteiger partial charge in [0, 0.05) is 4.47 Å². The Morgan fingerprint density at radius 1 is 1.10 bits per heavy atom. The average Bonchev–Trinajstić information content (AvgIpc) is 2.46. The molecular formula is C16H27BrN2O2+2. The summed E-state index contributed by atoms with van der Waals surface area (Å²) in [4.78, 5) is 3.32. The fraction of sp³-hybridized carbons (Fsp3) is 0.625. The Balaban J connectivity index is 1.54. The van der Waals surface area contributed by atoms with E-state index in [2.05, 4.69) is 36.0 Å². The van der Waals surface area contributed by atoms with E-state index >= 15 is 0 Å². The molecule has 0 amide bonds. The number of likely N-dealkylation sites (N-methyl/N-ethyl adjacent to an activating group) is 1. The lowest BCUT2D eigenvalue weighted by Gasteiger charge is -2.27. The average molecular weight is 359 g/mol. The topological polar surface area (TPSA) is 27.3 Å². The van der Waals surface area contributed by atoms with Gasteiger partial charge in [-0.1, -0.05) is 15.9 Å². The first-order valence-electron chi connectivity index (χ1n) is 7.76. The predicted molar refractivity (Wildman–Crippen MR) is 87.4 cm³/mol. The van der Waals surface area contributed by atoms with E-state index in [0.717, 1.165) is 28.9 Å². The van der Waals surface area contributed by atoms with Gasteiger partial charge in [0.2, 0.25) is 0 Å². The van der Waals surface area contributed by atoms with Crippen molar-refractivity contribution in [2.45, 2.75) is 6.92 Å². The molecule has 1 aromatic carbocycles. The van der Waals surface area contributed by atoms with Crippen LogP contribution in [0.2, 0.25) is 0 Å². The Morgan fingerprint density at radius 3 is 2.57 bits per heavy atom. The third-order valence-corrected chi connectivity index (χ3v) is 4.53. The minimum atomic E-state index is 0.616. The van der Waals surface area contributed by atoms with Crippen LogP contribution in [-0.2, 0) is 4.74 Å². The summed E-state index contributed by atoms with van der Waals surface area (Å²) in [5, 5.41) is 0. The maximum atomic E-state index is 5.74. The van der Waals surface area contributed by atoms with Crippen LogP contribution in [0.3, 0.4) is 0 Å². The molecule has 1 aliphatic rings. The first-order chi connectivity index (χ1) is 10.1. The zero-order chi connectivity index (χ0) is 15.1. The van der Waals surface area contributed by atoms with Crippen LogP contribution < -0.4 is 14.5 Å². The van der Waals surface area contributed by atoms with Crippen molar-refractivity contribution < 1.29 is 19.3 Å². The third-order valence-electron chi connectivity index (χ3n) is 4.03. The Labute approximate surface area is 136 Å². The van der Waals surface area contributed by atoms with Gasteiger partial charge >= 0.3 is 0 Å². The van der Waals surface area contributed by atoms with Crippen molar-refractivity contribution in [2.75, 3.05) is 59.6 Å². The molecule has 0 aromatic heterocycles. The minimum absolute atomic E-state index is 0.616. The monoisotopic (exact) mass is 358 g/mol. The summed E-state index contributed by atoms with van der Waals surface area (Å²) in [6.07, 6.45) is 0. The smallest absolute Gasteiger partial charge is 0.127 e. The third kappa shape index (κ3) is 5.94. The van der Waals surface area contributed by atoms with Crippen LogP contribution in [0.1, 0.15) is 5.56 Å². The standard InChI is InChI=1S/C16H25BrN2O2/c1-14-13-15(17)3-4-16(14)21-12-11-20-10-9-19-7-5-18(2)6-8-19/h3-4,13H,5-12H2,1-2H3/p+2. The largest absolute Gasteiger partial charge is 0.491 e. The van der Waals surface area contributed by atoms with Crippen LogP contribution in [0.15, 0.2) is 22.7 Å².